The first-order valence-electron chi connectivity index (χ1n) is 6.04. The zero-order valence-corrected chi connectivity index (χ0v) is 11.1. The Bertz CT molecular complexity index is 437. The van der Waals surface area contributed by atoms with Crippen LogP contribution < -0.4 is 4.74 Å². The van der Waals surface area contributed by atoms with Gasteiger partial charge in [-0.2, -0.15) is 0 Å². The lowest BCUT2D eigenvalue weighted by Gasteiger charge is -2.17. The van der Waals surface area contributed by atoms with Gasteiger partial charge >= 0.3 is 0 Å². The summed E-state index contributed by atoms with van der Waals surface area (Å²) < 4.78 is 5.06. The maximum atomic E-state index is 11.9. The van der Waals surface area contributed by atoms with E-state index in [0.29, 0.717) is 13.1 Å². The Kier molecular flexibility index (Phi) is 6.39. The largest absolute Gasteiger partial charge is 0.497 e. The zero-order chi connectivity index (χ0) is 14.1. The van der Waals surface area contributed by atoms with E-state index in [0.717, 1.165) is 11.3 Å². The average molecular weight is 261 g/mol. The van der Waals surface area contributed by atoms with Gasteiger partial charge in [0, 0.05) is 19.2 Å². The fraction of sp³-hybridized carbons (Fsp3) is 0.267. The number of hydrogen-bond donors (Lipinski definition) is 1. The highest BCUT2D eigenvalue weighted by Gasteiger charge is 2.07. The third-order valence-corrected chi connectivity index (χ3v) is 2.57. The molecule has 1 aromatic carbocycles. The summed E-state index contributed by atoms with van der Waals surface area (Å²) in [5.41, 5.74) is 0.914. The number of benzene rings is 1. The number of rotatable bonds is 7. The minimum atomic E-state index is -0.148. The summed E-state index contributed by atoms with van der Waals surface area (Å²) in [5, 5.41) is 8.89. The van der Waals surface area contributed by atoms with Gasteiger partial charge in [-0.1, -0.05) is 18.2 Å². The molecular weight excluding hydrogens is 242 g/mol. The Balaban J connectivity index is 2.67. The second-order valence-electron chi connectivity index (χ2n) is 3.90. The SMILES string of the molecule is C=CCN(CCO)C(=O)/C=C/c1ccc(OC)cc1. The van der Waals surface area contributed by atoms with Crippen LogP contribution in [0.25, 0.3) is 6.08 Å². The van der Waals surface area contributed by atoms with Crippen LogP contribution in [0.2, 0.25) is 0 Å². The second-order valence-corrected chi connectivity index (χ2v) is 3.90. The fourth-order valence-electron chi connectivity index (χ4n) is 1.56. The number of hydrogen-bond acceptors (Lipinski definition) is 3. The summed E-state index contributed by atoms with van der Waals surface area (Å²) in [7, 11) is 1.61. The van der Waals surface area contributed by atoms with Crippen LogP contribution in [0, 0.1) is 0 Å². The van der Waals surface area contributed by atoms with Crippen molar-refractivity contribution >= 4 is 12.0 Å². The van der Waals surface area contributed by atoms with Crippen LogP contribution in [0.1, 0.15) is 5.56 Å². The van der Waals surface area contributed by atoms with E-state index in [2.05, 4.69) is 6.58 Å². The number of carbonyl (C=O) groups is 1. The highest BCUT2D eigenvalue weighted by atomic mass is 16.5. The van der Waals surface area contributed by atoms with Crippen molar-refractivity contribution in [3.63, 3.8) is 0 Å². The Morgan fingerprint density at radius 3 is 2.63 bits per heavy atom. The average Bonchev–Trinajstić information content (AvgIpc) is 2.45. The van der Waals surface area contributed by atoms with Crippen molar-refractivity contribution in [2.75, 3.05) is 26.8 Å². The van der Waals surface area contributed by atoms with Crippen LogP contribution in [0.15, 0.2) is 43.0 Å². The van der Waals surface area contributed by atoms with Crippen molar-refractivity contribution in [3.8, 4) is 5.75 Å². The van der Waals surface area contributed by atoms with Gasteiger partial charge in [0.25, 0.3) is 0 Å². The van der Waals surface area contributed by atoms with Crippen molar-refractivity contribution < 1.29 is 14.6 Å². The summed E-state index contributed by atoms with van der Waals surface area (Å²) in [4.78, 5) is 13.4. The number of methoxy groups -OCH3 is 1. The summed E-state index contributed by atoms with van der Waals surface area (Å²) in [6.07, 6.45) is 4.85. The van der Waals surface area contributed by atoms with Crippen LogP contribution in [-0.4, -0.2) is 42.7 Å². The lowest BCUT2D eigenvalue weighted by Crippen LogP contribution is -2.32. The van der Waals surface area contributed by atoms with Crippen molar-refractivity contribution in [2.45, 2.75) is 0 Å². The van der Waals surface area contributed by atoms with E-state index >= 15 is 0 Å². The Morgan fingerprint density at radius 2 is 2.11 bits per heavy atom. The monoisotopic (exact) mass is 261 g/mol. The van der Waals surface area contributed by atoms with E-state index < -0.39 is 0 Å². The lowest BCUT2D eigenvalue weighted by atomic mass is 10.2. The minimum Gasteiger partial charge on any atom is -0.497 e. The van der Waals surface area contributed by atoms with Crippen molar-refractivity contribution in [3.05, 3.63) is 48.6 Å². The number of amides is 1. The molecule has 0 aliphatic rings. The quantitative estimate of drug-likeness (QED) is 0.600. The molecule has 1 rings (SSSR count). The standard InChI is InChI=1S/C15H19NO3/c1-3-10-16(11-12-17)15(18)9-6-13-4-7-14(19-2)8-5-13/h3-9,17H,1,10-12H2,2H3/b9-6+. The maximum absolute atomic E-state index is 11.9. The first kappa shape index (κ1) is 15.0. The second kappa shape index (κ2) is 8.11. The molecule has 0 unspecified atom stereocenters. The molecule has 19 heavy (non-hydrogen) atoms. The molecule has 4 nitrogen and oxygen atoms in total. The van der Waals surface area contributed by atoms with Gasteiger partial charge in [-0.15, -0.1) is 6.58 Å². The molecule has 1 amide bonds. The first-order valence-corrected chi connectivity index (χ1v) is 6.04. The zero-order valence-electron chi connectivity index (χ0n) is 11.1. The smallest absolute Gasteiger partial charge is 0.246 e. The molecule has 102 valence electrons. The van der Waals surface area contributed by atoms with Crippen LogP contribution in [0.3, 0.4) is 0 Å². The van der Waals surface area contributed by atoms with E-state index in [9.17, 15) is 4.79 Å². The van der Waals surface area contributed by atoms with Gasteiger partial charge in [0.1, 0.15) is 5.75 Å². The molecule has 0 aromatic heterocycles. The van der Waals surface area contributed by atoms with Gasteiger partial charge < -0.3 is 14.7 Å². The Hall–Kier alpha value is -2.07. The summed E-state index contributed by atoms with van der Waals surface area (Å²) in [6.45, 7) is 4.26. The highest BCUT2D eigenvalue weighted by Crippen LogP contribution is 2.12. The molecule has 0 fully saturated rings. The van der Waals surface area contributed by atoms with Gasteiger partial charge in [0.15, 0.2) is 0 Å². The number of aliphatic hydroxyl groups is 1. The summed E-state index contributed by atoms with van der Waals surface area (Å²) in [5.74, 6) is 0.627. The first-order chi connectivity index (χ1) is 9.21. The predicted molar refractivity (Wildman–Crippen MR) is 75.9 cm³/mol. The third kappa shape index (κ3) is 4.97. The third-order valence-electron chi connectivity index (χ3n) is 2.57. The molecule has 0 spiro atoms. The maximum Gasteiger partial charge on any atom is 0.246 e. The molecule has 0 radical (unpaired) electrons. The summed E-state index contributed by atoms with van der Waals surface area (Å²) >= 11 is 0. The molecule has 4 heteroatoms. The minimum absolute atomic E-state index is 0.0596. The Morgan fingerprint density at radius 1 is 1.42 bits per heavy atom. The summed E-state index contributed by atoms with van der Waals surface area (Å²) in [6, 6.07) is 7.40. The van der Waals surface area contributed by atoms with Gasteiger partial charge in [0.2, 0.25) is 5.91 Å². The van der Waals surface area contributed by atoms with Gasteiger partial charge in [0.05, 0.1) is 13.7 Å². The number of carbonyl (C=O) groups excluding carboxylic acids is 1. The van der Waals surface area contributed by atoms with Crippen molar-refractivity contribution in [2.24, 2.45) is 0 Å². The van der Waals surface area contributed by atoms with Crippen LogP contribution in [0.5, 0.6) is 5.75 Å². The van der Waals surface area contributed by atoms with Crippen LogP contribution in [-0.2, 0) is 4.79 Å². The van der Waals surface area contributed by atoms with E-state index in [4.69, 9.17) is 9.84 Å². The predicted octanol–water partition coefficient (Wildman–Crippen LogP) is 1.72. The molecule has 0 aliphatic heterocycles. The molecule has 0 saturated heterocycles. The molecule has 0 heterocycles. The topological polar surface area (TPSA) is 49.8 Å². The fourth-order valence-corrected chi connectivity index (χ4v) is 1.56. The molecular formula is C15H19NO3. The molecule has 1 N–H and O–H groups in total. The van der Waals surface area contributed by atoms with Gasteiger partial charge in [-0.3, -0.25) is 4.79 Å². The van der Waals surface area contributed by atoms with E-state index in [-0.39, 0.29) is 12.5 Å². The van der Waals surface area contributed by atoms with Crippen LogP contribution >= 0.6 is 0 Å². The van der Waals surface area contributed by atoms with Gasteiger partial charge in [-0.25, -0.2) is 0 Å². The van der Waals surface area contributed by atoms with Crippen molar-refractivity contribution in [1.29, 1.82) is 0 Å². The molecule has 0 aliphatic carbocycles. The molecule has 1 aromatic rings. The number of aliphatic hydroxyl groups excluding tert-OH is 1. The normalized spacial score (nSPS) is 10.4. The number of nitrogens with zero attached hydrogens (tertiary/aromatic N) is 1. The molecule has 0 atom stereocenters. The Labute approximate surface area is 113 Å². The highest BCUT2D eigenvalue weighted by molar-refractivity contribution is 5.91. The molecule has 0 bridgehead atoms. The van der Waals surface area contributed by atoms with E-state index in [1.165, 1.54) is 11.0 Å². The van der Waals surface area contributed by atoms with E-state index in [1.807, 2.05) is 24.3 Å². The number of ether oxygens (including phenoxy) is 1. The van der Waals surface area contributed by atoms with Crippen LogP contribution in [0.4, 0.5) is 0 Å². The molecule has 0 saturated carbocycles. The van der Waals surface area contributed by atoms with Crippen molar-refractivity contribution in [1.82, 2.24) is 4.90 Å². The van der Waals surface area contributed by atoms with E-state index in [1.54, 1.807) is 19.3 Å². The van der Waals surface area contributed by atoms with Gasteiger partial charge in [-0.05, 0) is 23.8 Å². The lowest BCUT2D eigenvalue weighted by molar-refractivity contribution is -0.125.